The lowest BCUT2D eigenvalue weighted by Crippen LogP contribution is -2.34. The molecule has 4 heterocycles. The van der Waals surface area contributed by atoms with Crippen molar-refractivity contribution >= 4 is 38.4 Å². The Labute approximate surface area is 143 Å². The van der Waals surface area contributed by atoms with Crippen molar-refractivity contribution in [3.05, 3.63) is 29.5 Å². The van der Waals surface area contributed by atoms with Gasteiger partial charge in [0, 0.05) is 23.4 Å². The molecule has 0 N–H and O–H groups in total. The number of amides is 2. The van der Waals surface area contributed by atoms with Crippen LogP contribution in [0.25, 0.3) is 10.2 Å². The van der Waals surface area contributed by atoms with E-state index in [1.54, 1.807) is 16.2 Å². The Bertz CT molecular complexity index is 930. The zero-order chi connectivity index (χ0) is 16.3. The fraction of sp³-hybridized carbons (Fsp3) is 0.353. The number of fused-ring (bicyclic) bond motifs is 5. The molecule has 0 spiro atoms. The number of thiazole rings is 1. The molecule has 122 valence electrons. The van der Waals surface area contributed by atoms with Crippen LogP contribution in [-0.4, -0.2) is 47.9 Å². The molecule has 2 aromatic rings. The van der Waals surface area contributed by atoms with Gasteiger partial charge in [-0.25, -0.2) is 14.7 Å². The van der Waals surface area contributed by atoms with Crippen LogP contribution in [0, 0.1) is 0 Å². The first kappa shape index (κ1) is 14.0. The number of anilines is 1. The predicted octanol–water partition coefficient (Wildman–Crippen LogP) is 2.83. The largest absolute Gasteiger partial charge is 0.493 e. The van der Waals surface area contributed by atoms with Gasteiger partial charge < -0.3 is 9.64 Å². The third-order valence-electron chi connectivity index (χ3n) is 4.62. The summed E-state index contributed by atoms with van der Waals surface area (Å²) in [5.74, 6) is 0.923. The zero-order valence-electron chi connectivity index (χ0n) is 13.3. The van der Waals surface area contributed by atoms with Gasteiger partial charge in [0.15, 0.2) is 5.13 Å². The Morgan fingerprint density at radius 3 is 3.12 bits per heavy atom. The number of carbonyl (C=O) groups is 1. The van der Waals surface area contributed by atoms with Gasteiger partial charge in [-0.2, -0.15) is 0 Å². The van der Waals surface area contributed by atoms with Crippen LogP contribution >= 0.6 is 11.3 Å². The van der Waals surface area contributed by atoms with Crippen molar-refractivity contribution in [3.8, 4) is 5.75 Å². The quantitative estimate of drug-likeness (QED) is 0.802. The van der Waals surface area contributed by atoms with Gasteiger partial charge in [-0.05, 0) is 25.1 Å². The fourth-order valence-electron chi connectivity index (χ4n) is 3.47. The number of benzene rings is 1. The van der Waals surface area contributed by atoms with Crippen LogP contribution < -0.4 is 9.64 Å². The number of ether oxygens (including phenoxy) is 1. The maximum Gasteiger partial charge on any atom is 0.331 e. The maximum absolute atomic E-state index is 12.8. The van der Waals surface area contributed by atoms with E-state index in [1.807, 2.05) is 30.0 Å². The van der Waals surface area contributed by atoms with Gasteiger partial charge in [0.25, 0.3) is 0 Å². The van der Waals surface area contributed by atoms with E-state index in [2.05, 4.69) is 4.99 Å². The average molecular weight is 340 g/mol. The highest BCUT2D eigenvalue weighted by Crippen LogP contribution is 2.39. The molecule has 1 fully saturated rings. The molecule has 0 atom stereocenters. The van der Waals surface area contributed by atoms with Crippen molar-refractivity contribution < 1.29 is 9.53 Å². The molecule has 2 bridgehead atoms. The number of carbonyl (C=O) groups excluding carboxylic acids is 1. The van der Waals surface area contributed by atoms with Crippen LogP contribution in [0.4, 0.5) is 9.93 Å². The molecule has 0 aliphatic carbocycles. The molecule has 1 aromatic carbocycles. The van der Waals surface area contributed by atoms with E-state index in [-0.39, 0.29) is 6.03 Å². The highest BCUT2D eigenvalue weighted by molar-refractivity contribution is 7.22. The molecule has 1 aromatic heterocycles. The van der Waals surface area contributed by atoms with E-state index >= 15 is 0 Å². The molecule has 7 heteroatoms. The molecule has 2 amide bonds. The zero-order valence-corrected chi connectivity index (χ0v) is 14.1. The van der Waals surface area contributed by atoms with Crippen molar-refractivity contribution in [2.24, 2.45) is 4.99 Å². The predicted molar refractivity (Wildman–Crippen MR) is 94.3 cm³/mol. The second-order valence-corrected chi connectivity index (χ2v) is 7.24. The number of nitrogens with zero attached hydrogens (tertiary/aromatic N) is 4. The van der Waals surface area contributed by atoms with E-state index in [4.69, 9.17) is 9.72 Å². The van der Waals surface area contributed by atoms with Crippen LogP contribution in [0.15, 0.2) is 28.9 Å². The highest BCUT2D eigenvalue weighted by Gasteiger charge is 2.36. The van der Waals surface area contributed by atoms with Crippen molar-refractivity contribution in [1.82, 2.24) is 9.88 Å². The van der Waals surface area contributed by atoms with E-state index in [1.165, 1.54) is 0 Å². The SMILES string of the molecule is C/C1=N/C/C=C2\CN(C1)C(=O)N2c1nc2c3c(ccc2s1)OCC3. The minimum atomic E-state index is -0.00958. The molecule has 0 unspecified atom stereocenters. The van der Waals surface area contributed by atoms with Gasteiger partial charge in [0.05, 0.1) is 36.5 Å². The molecular formula is C17H16N4O2S. The number of rotatable bonds is 1. The summed E-state index contributed by atoms with van der Waals surface area (Å²) < 4.78 is 6.73. The molecule has 5 rings (SSSR count). The van der Waals surface area contributed by atoms with E-state index in [0.29, 0.717) is 26.2 Å². The number of urea groups is 1. The van der Waals surface area contributed by atoms with E-state index in [0.717, 1.165) is 44.5 Å². The lowest BCUT2D eigenvalue weighted by atomic mass is 10.1. The van der Waals surface area contributed by atoms with E-state index < -0.39 is 0 Å². The number of aliphatic imine (C=N–C) groups is 1. The van der Waals surface area contributed by atoms with Crippen LogP contribution in [-0.2, 0) is 6.42 Å². The molecule has 24 heavy (non-hydrogen) atoms. The van der Waals surface area contributed by atoms with Gasteiger partial charge in [-0.1, -0.05) is 11.3 Å². The number of hydrogen-bond donors (Lipinski definition) is 0. The minimum Gasteiger partial charge on any atom is -0.493 e. The Kier molecular flexibility index (Phi) is 2.94. The third-order valence-corrected chi connectivity index (χ3v) is 5.63. The number of hydrogen-bond acceptors (Lipinski definition) is 5. The van der Waals surface area contributed by atoms with Gasteiger partial charge in [0.1, 0.15) is 5.75 Å². The fourth-order valence-corrected chi connectivity index (χ4v) is 4.49. The van der Waals surface area contributed by atoms with Crippen LogP contribution in [0.3, 0.4) is 0 Å². The van der Waals surface area contributed by atoms with Gasteiger partial charge in [0.2, 0.25) is 0 Å². The summed E-state index contributed by atoms with van der Waals surface area (Å²) in [6.45, 7) is 4.51. The first-order valence-corrected chi connectivity index (χ1v) is 8.85. The Morgan fingerprint density at radius 2 is 2.21 bits per heavy atom. The Hall–Kier alpha value is -2.41. The summed E-state index contributed by atoms with van der Waals surface area (Å²) in [5.41, 5.74) is 4.09. The van der Waals surface area contributed by atoms with Crippen molar-refractivity contribution in [2.45, 2.75) is 13.3 Å². The molecule has 3 aliphatic rings. The summed E-state index contributed by atoms with van der Waals surface area (Å²) in [6, 6.07) is 4.03. The third kappa shape index (κ3) is 1.97. The van der Waals surface area contributed by atoms with Crippen molar-refractivity contribution in [3.63, 3.8) is 0 Å². The minimum absolute atomic E-state index is 0.00958. The molecule has 0 radical (unpaired) electrons. The van der Waals surface area contributed by atoms with Crippen molar-refractivity contribution in [1.29, 1.82) is 0 Å². The summed E-state index contributed by atoms with van der Waals surface area (Å²) in [7, 11) is 0. The highest BCUT2D eigenvalue weighted by atomic mass is 32.1. The second kappa shape index (κ2) is 5.04. The summed E-state index contributed by atoms with van der Waals surface area (Å²) >= 11 is 1.56. The molecule has 0 saturated carbocycles. The lowest BCUT2D eigenvalue weighted by molar-refractivity contribution is 0.226. The van der Waals surface area contributed by atoms with Gasteiger partial charge in [-0.15, -0.1) is 0 Å². The number of aromatic nitrogens is 1. The summed E-state index contributed by atoms with van der Waals surface area (Å²) in [5, 5.41) is 0.739. The maximum atomic E-state index is 12.8. The Morgan fingerprint density at radius 1 is 1.29 bits per heavy atom. The smallest absolute Gasteiger partial charge is 0.331 e. The molecule has 1 saturated heterocycles. The normalized spacial score (nSPS) is 24.1. The summed E-state index contributed by atoms with van der Waals surface area (Å²) in [4.78, 5) is 25.7. The first-order chi connectivity index (χ1) is 11.7. The van der Waals surface area contributed by atoms with Crippen LogP contribution in [0.2, 0.25) is 0 Å². The molecular weight excluding hydrogens is 324 g/mol. The van der Waals surface area contributed by atoms with Crippen LogP contribution in [0.5, 0.6) is 5.75 Å². The standard InChI is InChI=1S/C17H16N4O2S/c1-10-8-20-9-11(4-6-18-10)21(17(20)22)16-19-15-12-5-7-23-13(12)2-3-14(15)24-16/h2-4H,5-9H2,1H3/b11-4+,18-10-. The van der Waals surface area contributed by atoms with Crippen molar-refractivity contribution in [2.75, 3.05) is 31.1 Å². The van der Waals surface area contributed by atoms with Gasteiger partial charge >= 0.3 is 6.03 Å². The lowest BCUT2D eigenvalue weighted by Gasteiger charge is -2.15. The molecule has 3 aliphatic heterocycles. The average Bonchev–Trinajstić information content (AvgIpc) is 3.22. The first-order valence-electron chi connectivity index (χ1n) is 8.04. The van der Waals surface area contributed by atoms with Gasteiger partial charge in [-0.3, -0.25) is 4.99 Å². The molecule has 6 nitrogen and oxygen atoms in total. The van der Waals surface area contributed by atoms with E-state index in [9.17, 15) is 4.79 Å². The summed E-state index contributed by atoms with van der Waals surface area (Å²) in [6.07, 6.45) is 2.91. The van der Waals surface area contributed by atoms with Crippen LogP contribution in [0.1, 0.15) is 12.5 Å². The second-order valence-electron chi connectivity index (χ2n) is 6.23. The Balaban J connectivity index is 1.60. The monoisotopic (exact) mass is 340 g/mol. The topological polar surface area (TPSA) is 58.0 Å².